The minimum atomic E-state index is -0.865. The number of nitrogens with zero attached hydrogens (tertiary/aromatic N) is 1. The molecular weight excluding hydrogens is 318 g/mol. The number of ketones is 1. The molecule has 0 aliphatic rings. The van der Waals surface area contributed by atoms with Gasteiger partial charge in [0, 0.05) is 5.02 Å². The lowest BCUT2D eigenvalue weighted by Crippen LogP contribution is -2.10. The summed E-state index contributed by atoms with van der Waals surface area (Å²) >= 11 is 8.90. The van der Waals surface area contributed by atoms with Crippen molar-refractivity contribution in [1.29, 1.82) is 5.26 Å². The van der Waals surface area contributed by atoms with Gasteiger partial charge in [0.15, 0.2) is 10.5 Å². The van der Waals surface area contributed by atoms with Crippen LogP contribution in [0.5, 0.6) is 0 Å². The molecule has 0 radical (unpaired) electrons. The second-order valence-corrected chi connectivity index (χ2v) is 4.74. The number of halogens is 2. The first kappa shape index (κ1) is 12.9. The first-order chi connectivity index (χ1) is 8.63. The van der Waals surface area contributed by atoms with Gasteiger partial charge in [0.1, 0.15) is 5.92 Å². The first-order valence-electron chi connectivity index (χ1n) is 5.05. The van der Waals surface area contributed by atoms with Crippen LogP contribution < -0.4 is 0 Å². The van der Waals surface area contributed by atoms with Gasteiger partial charge in [0.2, 0.25) is 0 Å². The molecule has 0 saturated carbocycles. The van der Waals surface area contributed by atoms with Gasteiger partial charge in [-0.15, -0.1) is 0 Å². The fraction of sp³-hybridized carbons (Fsp3) is 0.0769. The zero-order valence-corrected chi connectivity index (χ0v) is 11.4. The molecule has 0 bridgehead atoms. The van der Waals surface area contributed by atoms with Gasteiger partial charge in [0.25, 0.3) is 0 Å². The summed E-state index contributed by atoms with van der Waals surface area (Å²) in [6.45, 7) is 0. The molecule has 1 unspecified atom stereocenters. The third-order valence-electron chi connectivity index (χ3n) is 2.48. The number of Topliss-reactive ketones (excluding diaryl/α,β-unsaturated/α-hetero) is 1. The van der Waals surface area contributed by atoms with Gasteiger partial charge < -0.3 is 4.42 Å². The topological polar surface area (TPSA) is 54.0 Å². The Labute approximate surface area is 117 Å². The monoisotopic (exact) mass is 323 g/mol. The van der Waals surface area contributed by atoms with E-state index in [0.29, 0.717) is 20.8 Å². The summed E-state index contributed by atoms with van der Waals surface area (Å²) in [4.78, 5) is 12.2. The minimum Gasteiger partial charge on any atom is -0.457 e. The van der Waals surface area contributed by atoms with Gasteiger partial charge >= 0.3 is 0 Å². The molecule has 90 valence electrons. The Kier molecular flexibility index (Phi) is 3.85. The molecule has 0 saturated heterocycles. The molecule has 5 heteroatoms. The van der Waals surface area contributed by atoms with E-state index in [-0.39, 0.29) is 5.78 Å². The zero-order chi connectivity index (χ0) is 13.1. The number of carbonyl (C=O) groups is 1. The highest BCUT2D eigenvalue weighted by Gasteiger charge is 2.24. The van der Waals surface area contributed by atoms with Crippen LogP contribution in [0.3, 0.4) is 0 Å². The molecule has 0 N–H and O–H groups in total. The van der Waals surface area contributed by atoms with E-state index in [1.807, 2.05) is 6.07 Å². The first-order valence-corrected chi connectivity index (χ1v) is 6.23. The van der Waals surface area contributed by atoms with Crippen molar-refractivity contribution in [2.75, 3.05) is 0 Å². The van der Waals surface area contributed by atoms with Gasteiger partial charge in [-0.3, -0.25) is 4.79 Å². The second-order valence-electron chi connectivity index (χ2n) is 3.59. The van der Waals surface area contributed by atoms with E-state index < -0.39 is 5.92 Å². The Morgan fingerprint density at radius 2 is 2.00 bits per heavy atom. The smallest absolute Gasteiger partial charge is 0.188 e. The highest BCUT2D eigenvalue weighted by molar-refractivity contribution is 9.10. The third-order valence-corrected chi connectivity index (χ3v) is 3.34. The van der Waals surface area contributed by atoms with E-state index >= 15 is 0 Å². The summed E-state index contributed by atoms with van der Waals surface area (Å²) in [5, 5.41) is 9.72. The highest BCUT2D eigenvalue weighted by Crippen LogP contribution is 2.26. The maximum atomic E-state index is 12.2. The number of benzene rings is 1. The molecule has 1 atom stereocenters. The number of hydrogen-bond acceptors (Lipinski definition) is 3. The standard InChI is InChI=1S/C13H7BrClNO2/c14-13-10(5-6-18-13)12(17)11(7-16)8-1-3-9(15)4-2-8/h1-6,11H. The lowest BCUT2D eigenvalue weighted by atomic mass is 9.93. The molecule has 18 heavy (non-hydrogen) atoms. The molecule has 2 rings (SSSR count). The summed E-state index contributed by atoms with van der Waals surface area (Å²) in [5.41, 5.74) is 0.969. The Hall–Kier alpha value is -1.57. The average molecular weight is 325 g/mol. The van der Waals surface area contributed by atoms with E-state index in [2.05, 4.69) is 15.9 Å². The Morgan fingerprint density at radius 1 is 1.33 bits per heavy atom. The predicted octanol–water partition coefficient (Wildman–Crippen LogP) is 4.19. The lowest BCUT2D eigenvalue weighted by molar-refractivity contribution is 0.0977. The van der Waals surface area contributed by atoms with Crippen LogP contribution in [-0.2, 0) is 0 Å². The molecule has 0 amide bonds. The quantitative estimate of drug-likeness (QED) is 0.796. The number of furan rings is 1. The van der Waals surface area contributed by atoms with Crippen molar-refractivity contribution in [2.24, 2.45) is 0 Å². The predicted molar refractivity (Wildman–Crippen MR) is 70.5 cm³/mol. The van der Waals surface area contributed by atoms with Crippen molar-refractivity contribution < 1.29 is 9.21 Å². The van der Waals surface area contributed by atoms with E-state index in [4.69, 9.17) is 21.3 Å². The lowest BCUT2D eigenvalue weighted by Gasteiger charge is -2.07. The van der Waals surface area contributed by atoms with Gasteiger partial charge in [0.05, 0.1) is 17.9 Å². The second kappa shape index (κ2) is 5.38. The van der Waals surface area contributed by atoms with Crippen molar-refractivity contribution >= 4 is 33.3 Å². The number of rotatable bonds is 3. The van der Waals surface area contributed by atoms with Crippen LogP contribution in [0, 0.1) is 11.3 Å². The molecule has 1 aromatic heterocycles. The largest absolute Gasteiger partial charge is 0.457 e. The molecule has 1 aromatic carbocycles. The van der Waals surface area contributed by atoms with E-state index in [0.717, 1.165) is 0 Å². The Morgan fingerprint density at radius 3 is 2.50 bits per heavy atom. The molecular formula is C13H7BrClNO2. The zero-order valence-electron chi connectivity index (χ0n) is 9.06. The van der Waals surface area contributed by atoms with Gasteiger partial charge in [-0.2, -0.15) is 5.26 Å². The molecule has 3 nitrogen and oxygen atoms in total. The summed E-state index contributed by atoms with van der Waals surface area (Å²) in [6.07, 6.45) is 1.40. The maximum Gasteiger partial charge on any atom is 0.188 e. The van der Waals surface area contributed by atoms with Crippen LogP contribution in [0.2, 0.25) is 5.02 Å². The number of hydrogen-bond donors (Lipinski definition) is 0. The summed E-state index contributed by atoms with van der Waals surface area (Å²) < 4.78 is 5.34. The molecule has 0 aliphatic heterocycles. The van der Waals surface area contributed by atoms with Crippen LogP contribution in [0.4, 0.5) is 0 Å². The average Bonchev–Trinajstić information content (AvgIpc) is 2.78. The van der Waals surface area contributed by atoms with Crippen molar-refractivity contribution in [3.63, 3.8) is 0 Å². The fourth-order valence-electron chi connectivity index (χ4n) is 1.57. The van der Waals surface area contributed by atoms with E-state index in [1.165, 1.54) is 12.3 Å². The van der Waals surface area contributed by atoms with Crippen LogP contribution in [0.25, 0.3) is 0 Å². The molecule has 2 aromatic rings. The third kappa shape index (κ3) is 2.47. The Bertz CT molecular complexity index is 613. The van der Waals surface area contributed by atoms with Gasteiger partial charge in [-0.05, 0) is 39.7 Å². The van der Waals surface area contributed by atoms with E-state index in [9.17, 15) is 4.79 Å². The maximum absolute atomic E-state index is 12.2. The van der Waals surface area contributed by atoms with Gasteiger partial charge in [-0.25, -0.2) is 0 Å². The van der Waals surface area contributed by atoms with Crippen LogP contribution in [0.1, 0.15) is 21.8 Å². The molecule has 0 spiro atoms. The van der Waals surface area contributed by atoms with Crippen LogP contribution >= 0.6 is 27.5 Å². The van der Waals surface area contributed by atoms with E-state index in [1.54, 1.807) is 24.3 Å². The number of carbonyl (C=O) groups excluding carboxylic acids is 1. The minimum absolute atomic E-state index is 0.305. The number of nitriles is 1. The summed E-state index contributed by atoms with van der Waals surface area (Å²) in [5.74, 6) is -1.17. The van der Waals surface area contributed by atoms with Crippen molar-refractivity contribution in [1.82, 2.24) is 0 Å². The molecule has 0 fully saturated rings. The van der Waals surface area contributed by atoms with Crippen molar-refractivity contribution in [3.05, 3.63) is 57.4 Å². The van der Waals surface area contributed by atoms with Crippen LogP contribution in [-0.4, -0.2) is 5.78 Å². The Balaban J connectivity index is 2.36. The molecule has 1 heterocycles. The van der Waals surface area contributed by atoms with Gasteiger partial charge in [-0.1, -0.05) is 23.7 Å². The molecule has 0 aliphatic carbocycles. The fourth-order valence-corrected chi connectivity index (χ4v) is 2.13. The summed E-state index contributed by atoms with van der Waals surface area (Å²) in [7, 11) is 0. The SMILES string of the molecule is N#CC(C(=O)c1ccoc1Br)c1ccc(Cl)cc1. The van der Waals surface area contributed by atoms with Crippen LogP contribution in [0.15, 0.2) is 45.7 Å². The van der Waals surface area contributed by atoms with Crippen molar-refractivity contribution in [2.45, 2.75) is 5.92 Å². The summed E-state index contributed by atoms with van der Waals surface area (Å²) in [6, 6.07) is 10.2. The highest BCUT2D eigenvalue weighted by atomic mass is 79.9. The van der Waals surface area contributed by atoms with Crippen molar-refractivity contribution in [3.8, 4) is 6.07 Å². The normalized spacial score (nSPS) is 11.8.